The first kappa shape index (κ1) is 9.34. The second kappa shape index (κ2) is 3.50. The predicted octanol–water partition coefficient (Wildman–Crippen LogP) is 3.05. The lowest BCUT2D eigenvalue weighted by Gasteiger charge is -2.06. The van der Waals surface area contributed by atoms with Crippen molar-refractivity contribution in [2.75, 3.05) is 12.8 Å². The third-order valence-corrected chi connectivity index (χ3v) is 3.38. The van der Waals surface area contributed by atoms with E-state index in [2.05, 4.69) is 13.0 Å². The molecule has 0 aliphatic heterocycles. The number of fused-ring (bicyclic) bond motifs is 1. The molecule has 0 fully saturated rings. The van der Waals surface area contributed by atoms with E-state index in [-0.39, 0.29) is 0 Å². The number of nitrogens with two attached hydrogens (primary N) is 1. The molecule has 0 saturated heterocycles. The molecule has 2 rings (SSSR count). The Morgan fingerprint density at radius 3 is 2.86 bits per heavy atom. The largest absolute Gasteiger partial charge is 0.496 e. The molecule has 1 aromatic carbocycles. The van der Waals surface area contributed by atoms with E-state index in [4.69, 9.17) is 10.5 Å². The van der Waals surface area contributed by atoms with E-state index in [9.17, 15) is 0 Å². The normalized spacial score (nSPS) is 10.7. The smallest absolute Gasteiger partial charge is 0.123 e. The van der Waals surface area contributed by atoms with Crippen LogP contribution in [0, 0.1) is 0 Å². The Labute approximate surface area is 87.3 Å². The summed E-state index contributed by atoms with van der Waals surface area (Å²) in [4.78, 5) is 0. The van der Waals surface area contributed by atoms with Crippen LogP contribution in [0.2, 0.25) is 0 Å². The van der Waals surface area contributed by atoms with Gasteiger partial charge in [0.1, 0.15) is 5.75 Å². The van der Waals surface area contributed by atoms with Crippen molar-refractivity contribution in [2.45, 2.75) is 13.3 Å². The summed E-state index contributed by atoms with van der Waals surface area (Å²) < 4.78 is 6.57. The molecule has 2 N–H and O–H groups in total. The monoisotopic (exact) mass is 207 g/mol. The number of anilines is 1. The van der Waals surface area contributed by atoms with Crippen LogP contribution in [0.1, 0.15) is 12.5 Å². The number of hydrogen-bond donors (Lipinski definition) is 1. The molecule has 74 valence electrons. The van der Waals surface area contributed by atoms with E-state index < -0.39 is 0 Å². The van der Waals surface area contributed by atoms with Gasteiger partial charge >= 0.3 is 0 Å². The number of methoxy groups -OCH3 is 1. The molecule has 2 nitrogen and oxygen atoms in total. The molecule has 0 amide bonds. The molecular weight excluding hydrogens is 194 g/mol. The molecule has 0 atom stereocenters. The van der Waals surface area contributed by atoms with Gasteiger partial charge in [-0.25, -0.2) is 0 Å². The van der Waals surface area contributed by atoms with Gasteiger partial charge in [-0.1, -0.05) is 6.92 Å². The summed E-state index contributed by atoms with van der Waals surface area (Å²) in [6.07, 6.45) is 0.973. The fraction of sp³-hybridized carbons (Fsp3) is 0.273. The number of aryl methyl sites for hydroxylation is 1. The zero-order valence-electron chi connectivity index (χ0n) is 8.33. The molecule has 14 heavy (non-hydrogen) atoms. The van der Waals surface area contributed by atoms with Gasteiger partial charge in [0.15, 0.2) is 0 Å². The first-order valence-electron chi connectivity index (χ1n) is 4.61. The van der Waals surface area contributed by atoms with E-state index in [1.807, 2.05) is 12.1 Å². The second-order valence-corrected chi connectivity index (χ2v) is 4.25. The number of rotatable bonds is 2. The fourth-order valence-electron chi connectivity index (χ4n) is 1.69. The summed E-state index contributed by atoms with van der Waals surface area (Å²) in [5.41, 5.74) is 7.04. The third-order valence-electron chi connectivity index (χ3n) is 2.34. The van der Waals surface area contributed by atoms with Gasteiger partial charge in [-0.05, 0) is 30.0 Å². The Balaban J connectivity index is 2.75. The van der Waals surface area contributed by atoms with Crippen molar-refractivity contribution >= 4 is 26.4 Å². The minimum Gasteiger partial charge on any atom is -0.496 e. The predicted molar refractivity (Wildman–Crippen MR) is 62.2 cm³/mol. The summed E-state index contributed by atoms with van der Waals surface area (Å²) in [5, 5.41) is 2.08. The Hall–Kier alpha value is -1.22. The molecule has 0 aliphatic rings. The molecule has 1 aromatic heterocycles. The van der Waals surface area contributed by atoms with Crippen molar-refractivity contribution in [1.29, 1.82) is 0 Å². The van der Waals surface area contributed by atoms with E-state index in [0.717, 1.165) is 17.2 Å². The van der Waals surface area contributed by atoms with Gasteiger partial charge in [0.2, 0.25) is 0 Å². The van der Waals surface area contributed by atoms with Crippen molar-refractivity contribution in [1.82, 2.24) is 0 Å². The van der Waals surface area contributed by atoms with Crippen LogP contribution < -0.4 is 10.5 Å². The topological polar surface area (TPSA) is 35.2 Å². The highest BCUT2D eigenvalue weighted by Gasteiger charge is 2.08. The number of thiophene rings is 1. The van der Waals surface area contributed by atoms with Crippen LogP contribution in [0.5, 0.6) is 5.75 Å². The van der Waals surface area contributed by atoms with E-state index in [0.29, 0.717) is 0 Å². The highest BCUT2D eigenvalue weighted by molar-refractivity contribution is 7.22. The summed E-state index contributed by atoms with van der Waals surface area (Å²) in [5.74, 6) is 0.960. The summed E-state index contributed by atoms with van der Waals surface area (Å²) >= 11 is 1.63. The number of nitrogen functional groups attached to an aromatic ring is 1. The summed E-state index contributed by atoms with van der Waals surface area (Å²) in [6.45, 7) is 2.13. The van der Waals surface area contributed by atoms with Gasteiger partial charge in [0.25, 0.3) is 0 Å². The first-order chi connectivity index (χ1) is 6.76. The zero-order chi connectivity index (χ0) is 10.1. The maximum Gasteiger partial charge on any atom is 0.123 e. The highest BCUT2D eigenvalue weighted by Crippen LogP contribution is 2.35. The molecule has 0 radical (unpaired) electrons. The number of ether oxygens (including phenoxy) is 1. The standard InChI is InChI=1S/C11H13NOS/c1-3-8-9(13-2)5-4-7-6-10(12)14-11(7)8/h4-6H,3,12H2,1-2H3. The van der Waals surface area contributed by atoms with Crippen LogP contribution in [-0.4, -0.2) is 7.11 Å². The van der Waals surface area contributed by atoms with Crippen LogP contribution in [0.15, 0.2) is 18.2 Å². The van der Waals surface area contributed by atoms with Gasteiger partial charge < -0.3 is 10.5 Å². The van der Waals surface area contributed by atoms with Gasteiger partial charge in [-0.15, -0.1) is 11.3 Å². The first-order valence-corrected chi connectivity index (χ1v) is 5.42. The maximum atomic E-state index is 5.78. The number of benzene rings is 1. The second-order valence-electron chi connectivity index (χ2n) is 3.17. The minimum absolute atomic E-state index is 0.864. The van der Waals surface area contributed by atoms with E-state index in [1.54, 1.807) is 18.4 Å². The molecule has 2 aromatic rings. The number of hydrogen-bond acceptors (Lipinski definition) is 3. The lowest BCUT2D eigenvalue weighted by molar-refractivity contribution is 0.411. The average Bonchev–Trinajstić information content (AvgIpc) is 2.56. The van der Waals surface area contributed by atoms with Crippen LogP contribution >= 0.6 is 11.3 Å². The van der Waals surface area contributed by atoms with E-state index in [1.165, 1.54) is 15.6 Å². The summed E-state index contributed by atoms with van der Waals surface area (Å²) in [7, 11) is 1.71. The van der Waals surface area contributed by atoms with Crippen LogP contribution in [0.25, 0.3) is 10.1 Å². The molecule has 1 heterocycles. The Morgan fingerprint density at radius 1 is 1.43 bits per heavy atom. The van der Waals surface area contributed by atoms with Crippen LogP contribution in [-0.2, 0) is 6.42 Å². The Kier molecular flexibility index (Phi) is 2.33. The lowest BCUT2D eigenvalue weighted by Crippen LogP contribution is -1.89. The molecule has 0 spiro atoms. The SMILES string of the molecule is CCc1c(OC)ccc2cc(N)sc12. The molecular formula is C11H13NOS. The molecule has 0 aliphatic carbocycles. The maximum absolute atomic E-state index is 5.78. The summed E-state index contributed by atoms with van der Waals surface area (Å²) in [6, 6.07) is 6.08. The van der Waals surface area contributed by atoms with Gasteiger partial charge in [0.05, 0.1) is 12.1 Å². The molecule has 0 bridgehead atoms. The van der Waals surface area contributed by atoms with Crippen molar-refractivity contribution < 1.29 is 4.74 Å². The quantitative estimate of drug-likeness (QED) is 0.821. The Bertz CT molecular complexity index is 462. The van der Waals surface area contributed by atoms with Gasteiger partial charge in [-0.2, -0.15) is 0 Å². The molecule has 0 unspecified atom stereocenters. The van der Waals surface area contributed by atoms with Crippen molar-refractivity contribution in [3.63, 3.8) is 0 Å². The van der Waals surface area contributed by atoms with Crippen molar-refractivity contribution in [3.8, 4) is 5.75 Å². The average molecular weight is 207 g/mol. The van der Waals surface area contributed by atoms with Crippen LogP contribution in [0.4, 0.5) is 5.00 Å². The molecule has 3 heteroatoms. The third kappa shape index (κ3) is 1.34. The van der Waals surface area contributed by atoms with E-state index >= 15 is 0 Å². The lowest BCUT2D eigenvalue weighted by atomic mass is 10.1. The zero-order valence-corrected chi connectivity index (χ0v) is 9.15. The van der Waals surface area contributed by atoms with Crippen molar-refractivity contribution in [2.24, 2.45) is 0 Å². The highest BCUT2D eigenvalue weighted by atomic mass is 32.1. The van der Waals surface area contributed by atoms with Crippen LogP contribution in [0.3, 0.4) is 0 Å². The molecule has 0 saturated carbocycles. The minimum atomic E-state index is 0.864. The Morgan fingerprint density at radius 2 is 2.21 bits per heavy atom. The van der Waals surface area contributed by atoms with Gasteiger partial charge in [-0.3, -0.25) is 0 Å². The van der Waals surface area contributed by atoms with Crippen molar-refractivity contribution in [3.05, 3.63) is 23.8 Å². The van der Waals surface area contributed by atoms with Gasteiger partial charge in [0, 0.05) is 10.3 Å². The fourth-order valence-corrected chi connectivity index (χ4v) is 2.72.